The fraction of sp³-hybridized carbons (Fsp3) is 0.250. The normalized spacial score (nSPS) is 11.9. The molecule has 130 valence electrons. The second-order valence-corrected chi connectivity index (χ2v) is 6.82. The van der Waals surface area contributed by atoms with E-state index in [0.717, 1.165) is 15.9 Å². The van der Waals surface area contributed by atoms with Crippen molar-refractivity contribution in [2.45, 2.75) is 13.5 Å². The van der Waals surface area contributed by atoms with Gasteiger partial charge in [-0.05, 0) is 31.2 Å². The molecule has 0 N–H and O–H groups in total. The molecule has 1 amide bonds. The lowest BCUT2D eigenvalue weighted by atomic mass is 10.3. The molecule has 3 aromatic rings. The van der Waals surface area contributed by atoms with Gasteiger partial charge in [-0.25, -0.2) is 0 Å². The van der Waals surface area contributed by atoms with E-state index in [1.807, 2.05) is 6.92 Å². The van der Waals surface area contributed by atoms with E-state index in [0.29, 0.717) is 9.82 Å². The lowest BCUT2D eigenvalue weighted by Gasteiger charge is -2.03. The van der Waals surface area contributed by atoms with Crippen LogP contribution in [0.15, 0.2) is 29.3 Å². The number of carbonyl (C=O) groups is 2. The zero-order valence-electron chi connectivity index (χ0n) is 13.8. The Kier molecular flexibility index (Phi) is 4.73. The highest BCUT2D eigenvalue weighted by Gasteiger charge is 2.14. The van der Waals surface area contributed by atoms with E-state index < -0.39 is 11.9 Å². The molecular formula is C16H15ClN4O3S. The first kappa shape index (κ1) is 17.4. The number of aryl methyl sites for hydroxylation is 2. The molecule has 2 aromatic heterocycles. The van der Waals surface area contributed by atoms with Crippen molar-refractivity contribution in [2.24, 2.45) is 12.0 Å². The van der Waals surface area contributed by atoms with E-state index in [2.05, 4.69) is 10.1 Å². The van der Waals surface area contributed by atoms with Crippen molar-refractivity contribution in [3.63, 3.8) is 0 Å². The lowest BCUT2D eigenvalue weighted by Crippen LogP contribution is -2.22. The van der Waals surface area contributed by atoms with Crippen molar-refractivity contribution in [3.8, 4) is 0 Å². The maximum atomic E-state index is 12.4. The van der Waals surface area contributed by atoms with Crippen LogP contribution in [0.25, 0.3) is 10.2 Å². The molecule has 9 heteroatoms. The molecule has 0 spiro atoms. The van der Waals surface area contributed by atoms with Gasteiger partial charge < -0.3 is 9.30 Å². The highest BCUT2D eigenvalue weighted by Crippen LogP contribution is 2.22. The number of hydrogen-bond acceptors (Lipinski definition) is 5. The number of benzene rings is 1. The van der Waals surface area contributed by atoms with Crippen LogP contribution < -0.4 is 4.80 Å². The number of hydrogen-bond donors (Lipinski definition) is 0. The number of thiazole rings is 1. The summed E-state index contributed by atoms with van der Waals surface area (Å²) in [4.78, 5) is 28.7. The SMILES string of the molecule is COC(=O)Cn1c(=NC(=O)c2cc(C)n(C)n2)sc2cc(Cl)ccc21. The fourth-order valence-electron chi connectivity index (χ4n) is 2.29. The summed E-state index contributed by atoms with van der Waals surface area (Å²) in [5.41, 5.74) is 1.85. The predicted molar refractivity (Wildman–Crippen MR) is 94.7 cm³/mol. The van der Waals surface area contributed by atoms with E-state index in [-0.39, 0.29) is 12.2 Å². The first-order valence-electron chi connectivity index (χ1n) is 7.34. The van der Waals surface area contributed by atoms with Crippen molar-refractivity contribution in [1.82, 2.24) is 14.3 Å². The molecule has 0 aliphatic carbocycles. The van der Waals surface area contributed by atoms with Crippen LogP contribution in [0.3, 0.4) is 0 Å². The molecule has 25 heavy (non-hydrogen) atoms. The van der Waals surface area contributed by atoms with Gasteiger partial charge in [-0.3, -0.25) is 14.3 Å². The molecule has 0 saturated carbocycles. The Bertz CT molecular complexity index is 1030. The summed E-state index contributed by atoms with van der Waals surface area (Å²) in [6.45, 7) is 1.80. The van der Waals surface area contributed by atoms with Crippen molar-refractivity contribution < 1.29 is 14.3 Å². The van der Waals surface area contributed by atoms with Crippen LogP contribution in [0.2, 0.25) is 5.02 Å². The summed E-state index contributed by atoms with van der Waals surface area (Å²) in [6.07, 6.45) is 0. The maximum Gasteiger partial charge on any atom is 0.325 e. The number of esters is 1. The molecule has 0 fully saturated rings. The largest absolute Gasteiger partial charge is 0.468 e. The number of fused-ring (bicyclic) bond motifs is 1. The van der Waals surface area contributed by atoms with Gasteiger partial charge in [0, 0.05) is 17.8 Å². The zero-order valence-corrected chi connectivity index (χ0v) is 15.4. The number of ether oxygens (including phenoxy) is 1. The Morgan fingerprint density at radius 3 is 2.76 bits per heavy atom. The van der Waals surface area contributed by atoms with Gasteiger partial charge >= 0.3 is 5.97 Å². The summed E-state index contributed by atoms with van der Waals surface area (Å²) in [6, 6.07) is 6.94. The van der Waals surface area contributed by atoms with Gasteiger partial charge in [0.15, 0.2) is 10.5 Å². The molecule has 3 rings (SSSR count). The number of methoxy groups -OCH3 is 1. The van der Waals surface area contributed by atoms with Crippen LogP contribution in [0.4, 0.5) is 0 Å². The monoisotopic (exact) mass is 378 g/mol. The Balaban J connectivity index is 2.14. The second kappa shape index (κ2) is 6.81. The Morgan fingerprint density at radius 1 is 1.36 bits per heavy atom. The van der Waals surface area contributed by atoms with Crippen molar-refractivity contribution in [1.29, 1.82) is 0 Å². The molecule has 0 radical (unpaired) electrons. The molecule has 0 aliphatic rings. The first-order valence-corrected chi connectivity index (χ1v) is 8.54. The number of aromatic nitrogens is 3. The average Bonchev–Trinajstić information content (AvgIpc) is 3.07. The van der Waals surface area contributed by atoms with E-state index in [4.69, 9.17) is 16.3 Å². The van der Waals surface area contributed by atoms with Crippen molar-refractivity contribution >= 4 is 45.0 Å². The number of rotatable bonds is 3. The van der Waals surface area contributed by atoms with Crippen LogP contribution in [-0.4, -0.2) is 33.3 Å². The summed E-state index contributed by atoms with van der Waals surface area (Å²) in [5.74, 6) is -0.905. The molecule has 7 nitrogen and oxygen atoms in total. The Morgan fingerprint density at radius 2 is 2.12 bits per heavy atom. The molecular weight excluding hydrogens is 364 g/mol. The highest BCUT2D eigenvalue weighted by atomic mass is 35.5. The van der Waals surface area contributed by atoms with Crippen molar-refractivity contribution in [3.05, 3.63) is 45.5 Å². The van der Waals surface area contributed by atoms with E-state index in [1.54, 1.807) is 40.6 Å². The van der Waals surface area contributed by atoms with Crippen LogP contribution in [0.5, 0.6) is 0 Å². The molecule has 2 heterocycles. The third-order valence-corrected chi connectivity index (χ3v) is 4.97. The van der Waals surface area contributed by atoms with E-state index >= 15 is 0 Å². The highest BCUT2D eigenvalue weighted by molar-refractivity contribution is 7.16. The topological polar surface area (TPSA) is 78.5 Å². The van der Waals surface area contributed by atoms with Gasteiger partial charge in [0.05, 0.1) is 17.3 Å². The standard InChI is InChI=1S/C16H15ClN4O3S/c1-9-6-11(19-20(9)2)15(23)18-16-21(8-14(22)24-3)12-5-4-10(17)7-13(12)25-16/h4-7H,8H2,1-3H3. The number of amides is 1. The van der Waals surface area contributed by atoms with Crippen LogP contribution >= 0.6 is 22.9 Å². The summed E-state index contributed by atoms with van der Waals surface area (Å²) in [7, 11) is 3.07. The Hall–Kier alpha value is -2.45. The van der Waals surface area contributed by atoms with Gasteiger partial charge in [-0.1, -0.05) is 22.9 Å². The molecule has 0 bridgehead atoms. The molecule has 0 atom stereocenters. The molecule has 0 saturated heterocycles. The fourth-order valence-corrected chi connectivity index (χ4v) is 3.59. The van der Waals surface area contributed by atoms with E-state index in [9.17, 15) is 9.59 Å². The van der Waals surface area contributed by atoms with Gasteiger partial charge in [-0.15, -0.1) is 0 Å². The van der Waals surface area contributed by atoms with Crippen LogP contribution in [0, 0.1) is 6.92 Å². The zero-order chi connectivity index (χ0) is 18.1. The number of nitrogens with zero attached hydrogens (tertiary/aromatic N) is 4. The third kappa shape index (κ3) is 3.49. The predicted octanol–water partition coefficient (Wildman–Crippen LogP) is 2.31. The quantitative estimate of drug-likeness (QED) is 0.655. The lowest BCUT2D eigenvalue weighted by molar-refractivity contribution is -0.141. The minimum absolute atomic E-state index is 0.0501. The maximum absolute atomic E-state index is 12.4. The van der Waals surface area contributed by atoms with Crippen LogP contribution in [-0.2, 0) is 23.1 Å². The van der Waals surface area contributed by atoms with Gasteiger partial charge in [-0.2, -0.15) is 10.1 Å². The van der Waals surface area contributed by atoms with Gasteiger partial charge in [0.2, 0.25) is 0 Å². The van der Waals surface area contributed by atoms with Gasteiger partial charge in [0.25, 0.3) is 5.91 Å². The van der Waals surface area contributed by atoms with E-state index in [1.165, 1.54) is 18.4 Å². The first-order chi connectivity index (χ1) is 11.9. The van der Waals surface area contributed by atoms with Crippen molar-refractivity contribution in [2.75, 3.05) is 7.11 Å². The third-order valence-electron chi connectivity index (χ3n) is 3.69. The van der Waals surface area contributed by atoms with Crippen LogP contribution in [0.1, 0.15) is 16.2 Å². The Labute approximate surface area is 152 Å². The summed E-state index contributed by atoms with van der Waals surface area (Å²) < 4.78 is 8.80. The minimum Gasteiger partial charge on any atom is -0.468 e. The molecule has 0 unspecified atom stereocenters. The number of halogens is 1. The summed E-state index contributed by atoms with van der Waals surface area (Å²) in [5, 5.41) is 4.70. The minimum atomic E-state index is -0.472. The van der Waals surface area contributed by atoms with Gasteiger partial charge in [0.1, 0.15) is 6.54 Å². The number of carbonyl (C=O) groups excluding carboxylic acids is 2. The summed E-state index contributed by atoms with van der Waals surface area (Å²) >= 11 is 7.30. The molecule has 0 aliphatic heterocycles. The smallest absolute Gasteiger partial charge is 0.325 e. The molecule has 1 aromatic carbocycles. The average molecular weight is 379 g/mol. The second-order valence-electron chi connectivity index (χ2n) is 5.37.